The number of Topliss-reactive ketones (excluding diaryl/α,β-unsaturated/α-hetero) is 1. The molecule has 0 heterocycles. The largest absolute Gasteiger partial charge is 0.390 e. The quantitative estimate of drug-likeness (QED) is 0.491. The Hall–Kier alpha value is -0.490. The van der Waals surface area contributed by atoms with Crippen LogP contribution in [0.2, 0.25) is 0 Å². The van der Waals surface area contributed by atoms with E-state index in [0.29, 0.717) is 37.0 Å². The summed E-state index contributed by atoms with van der Waals surface area (Å²) in [6.45, 7) is 12.8. The van der Waals surface area contributed by atoms with Gasteiger partial charge in [0.15, 0.2) is 11.4 Å². The third kappa shape index (κ3) is 3.67. The highest BCUT2D eigenvalue weighted by Crippen LogP contribution is 2.68. The second kappa shape index (κ2) is 8.28. The molecule has 3 unspecified atom stereocenters. The van der Waals surface area contributed by atoms with Gasteiger partial charge in [0.05, 0.1) is 11.7 Å². The van der Waals surface area contributed by atoms with Crippen molar-refractivity contribution < 1.29 is 25.2 Å². The number of aliphatic hydroxyl groups excluding tert-OH is 2. The van der Waals surface area contributed by atoms with Gasteiger partial charge in [-0.3, -0.25) is 4.79 Å². The molecule has 33 heavy (non-hydrogen) atoms. The minimum Gasteiger partial charge on any atom is -0.390 e. The van der Waals surface area contributed by atoms with E-state index < -0.39 is 28.8 Å². The predicted molar refractivity (Wildman–Crippen MR) is 128 cm³/mol. The summed E-state index contributed by atoms with van der Waals surface area (Å²) < 4.78 is 0. The fourth-order valence-electron chi connectivity index (χ4n) is 9.14. The van der Waals surface area contributed by atoms with Gasteiger partial charge in [-0.1, -0.05) is 34.1 Å². The molecule has 0 spiro atoms. The summed E-state index contributed by atoms with van der Waals surface area (Å²) in [6.07, 6.45) is 5.52. The molecule has 0 aromatic carbocycles. The van der Waals surface area contributed by atoms with Crippen LogP contribution in [0.5, 0.6) is 0 Å². The zero-order valence-electron chi connectivity index (χ0n) is 21.7. The Morgan fingerprint density at radius 2 is 1.67 bits per heavy atom. The third-order valence-corrected chi connectivity index (χ3v) is 11.7. The average Bonchev–Trinajstić information content (AvgIpc) is 3.09. The number of hydrogen-bond acceptors (Lipinski definition) is 5. The smallest absolute Gasteiger partial charge is 0.168 e. The van der Waals surface area contributed by atoms with Crippen molar-refractivity contribution in [3.8, 4) is 0 Å². The van der Waals surface area contributed by atoms with Crippen LogP contribution in [0.1, 0.15) is 99.3 Å². The predicted octanol–water partition coefficient (Wildman–Crippen LogP) is 4.09. The van der Waals surface area contributed by atoms with Gasteiger partial charge in [0.2, 0.25) is 0 Å². The first-order valence-corrected chi connectivity index (χ1v) is 13.5. The number of carbonyl (C=O) groups is 1. The molecule has 4 fully saturated rings. The van der Waals surface area contributed by atoms with Crippen LogP contribution in [0.3, 0.4) is 0 Å². The monoisotopic (exact) mass is 464 g/mol. The highest BCUT2D eigenvalue weighted by molar-refractivity contribution is 5.90. The Kier molecular flexibility index (Phi) is 6.42. The van der Waals surface area contributed by atoms with Crippen LogP contribution in [0.25, 0.3) is 0 Å². The van der Waals surface area contributed by atoms with E-state index in [0.717, 1.165) is 32.1 Å². The van der Waals surface area contributed by atoms with E-state index in [-0.39, 0.29) is 29.0 Å². The summed E-state index contributed by atoms with van der Waals surface area (Å²) in [4.78, 5) is 13.4. The van der Waals surface area contributed by atoms with Gasteiger partial charge < -0.3 is 20.4 Å². The van der Waals surface area contributed by atoms with E-state index in [1.54, 1.807) is 0 Å². The maximum Gasteiger partial charge on any atom is 0.168 e. The van der Waals surface area contributed by atoms with Gasteiger partial charge in [0.1, 0.15) is 6.10 Å². The lowest BCUT2D eigenvalue weighted by molar-refractivity contribution is -0.250. The minimum absolute atomic E-state index is 0.206. The Labute approximate surface area is 200 Å². The molecule has 4 rings (SSSR count). The molecule has 5 heteroatoms. The number of rotatable bonds is 5. The Bertz CT molecular complexity index is 760. The number of carbonyl (C=O) groups excluding carboxylic acids is 1. The van der Waals surface area contributed by atoms with E-state index in [2.05, 4.69) is 20.8 Å². The van der Waals surface area contributed by atoms with E-state index in [4.69, 9.17) is 0 Å². The normalized spacial score (nSPS) is 49.7. The van der Waals surface area contributed by atoms with E-state index in [9.17, 15) is 25.2 Å². The van der Waals surface area contributed by atoms with Gasteiger partial charge in [-0.15, -0.1) is 0 Å². The SMILES string of the molecule is C[C@H](CC[C@H](C)C(C)(C)O)[C@H]1CCC2C3CC(=O)[C@]4(O)[C@@H](O)[C@@H](O)CC[C@]4(C)C3CC[C@@]21C. The molecule has 0 aromatic rings. The zero-order chi connectivity index (χ0) is 24.6. The molecule has 0 aliphatic heterocycles. The fourth-order valence-corrected chi connectivity index (χ4v) is 9.14. The molecule has 4 N–H and O–H groups in total. The lowest BCUT2D eigenvalue weighted by atomic mass is 9.42. The van der Waals surface area contributed by atoms with Crippen molar-refractivity contribution in [1.29, 1.82) is 0 Å². The second-order valence-electron chi connectivity index (χ2n) is 13.6. The average molecular weight is 465 g/mol. The van der Waals surface area contributed by atoms with Gasteiger partial charge in [-0.05, 0) is 99.7 Å². The molecule has 0 bridgehead atoms. The summed E-state index contributed by atoms with van der Waals surface area (Å²) in [5, 5.41) is 42.9. The maximum atomic E-state index is 13.4. The summed E-state index contributed by atoms with van der Waals surface area (Å²) in [5.74, 6) is 2.17. The van der Waals surface area contributed by atoms with Crippen molar-refractivity contribution in [2.45, 2.75) is 123 Å². The van der Waals surface area contributed by atoms with Crippen molar-refractivity contribution in [3.05, 3.63) is 0 Å². The molecule has 4 saturated carbocycles. The molecule has 4 aliphatic carbocycles. The molecule has 0 amide bonds. The Balaban J connectivity index is 1.54. The van der Waals surface area contributed by atoms with Gasteiger partial charge >= 0.3 is 0 Å². The first-order valence-electron chi connectivity index (χ1n) is 13.5. The molecule has 0 saturated heterocycles. The summed E-state index contributed by atoms with van der Waals surface area (Å²) in [7, 11) is 0. The van der Waals surface area contributed by atoms with Crippen LogP contribution >= 0.6 is 0 Å². The zero-order valence-corrected chi connectivity index (χ0v) is 21.7. The Morgan fingerprint density at radius 3 is 2.30 bits per heavy atom. The highest BCUT2D eigenvalue weighted by atomic mass is 16.4. The van der Waals surface area contributed by atoms with Crippen molar-refractivity contribution in [3.63, 3.8) is 0 Å². The number of fused-ring (bicyclic) bond motifs is 5. The molecular formula is C28H48O5. The van der Waals surface area contributed by atoms with Gasteiger partial charge in [-0.2, -0.15) is 0 Å². The second-order valence-corrected chi connectivity index (χ2v) is 13.6. The van der Waals surface area contributed by atoms with Crippen LogP contribution in [0, 0.1) is 46.3 Å². The molecule has 0 aromatic heterocycles. The standard InChI is InChI=1S/C28H48O5/c1-16(7-8-17(2)25(3,4)32)19-9-10-20-18-15-23(30)28(33)24(31)22(29)12-14-27(28,6)21(18)11-13-26(19,20)5/h16-22,24,29,31-33H,7-15H2,1-6H3/t16-,17+,18?,19-,20?,21?,22+,24+,26-,27-,28+/m1/s1. The van der Waals surface area contributed by atoms with Crippen LogP contribution in [0.15, 0.2) is 0 Å². The van der Waals surface area contributed by atoms with E-state index in [1.807, 2.05) is 20.8 Å². The van der Waals surface area contributed by atoms with Gasteiger partial charge in [0.25, 0.3) is 0 Å². The lowest BCUT2D eigenvalue weighted by Crippen LogP contribution is -2.73. The van der Waals surface area contributed by atoms with Crippen LogP contribution in [-0.2, 0) is 4.79 Å². The molecule has 0 radical (unpaired) electrons. The van der Waals surface area contributed by atoms with Crippen molar-refractivity contribution >= 4 is 5.78 Å². The van der Waals surface area contributed by atoms with Crippen molar-refractivity contribution in [2.24, 2.45) is 46.3 Å². The minimum atomic E-state index is -1.82. The first-order chi connectivity index (χ1) is 15.2. The van der Waals surface area contributed by atoms with Crippen molar-refractivity contribution in [2.75, 3.05) is 0 Å². The van der Waals surface area contributed by atoms with Crippen LogP contribution in [0.4, 0.5) is 0 Å². The van der Waals surface area contributed by atoms with Gasteiger partial charge in [-0.25, -0.2) is 0 Å². The highest BCUT2D eigenvalue weighted by Gasteiger charge is 2.70. The number of aliphatic hydroxyl groups is 4. The van der Waals surface area contributed by atoms with Crippen molar-refractivity contribution in [1.82, 2.24) is 0 Å². The third-order valence-electron chi connectivity index (χ3n) is 11.7. The number of ketones is 1. The van der Waals surface area contributed by atoms with E-state index in [1.165, 1.54) is 6.42 Å². The first kappa shape index (κ1) is 25.6. The molecule has 4 aliphatic rings. The summed E-state index contributed by atoms with van der Waals surface area (Å²) >= 11 is 0. The summed E-state index contributed by atoms with van der Waals surface area (Å²) in [5.41, 5.74) is -2.93. The molecule has 11 atom stereocenters. The fraction of sp³-hybridized carbons (Fsp3) is 0.964. The van der Waals surface area contributed by atoms with Gasteiger partial charge in [0, 0.05) is 11.8 Å². The summed E-state index contributed by atoms with van der Waals surface area (Å²) in [6, 6.07) is 0. The molecular weight excluding hydrogens is 416 g/mol. The van der Waals surface area contributed by atoms with Crippen LogP contribution in [-0.4, -0.2) is 49.6 Å². The topological polar surface area (TPSA) is 98.0 Å². The van der Waals surface area contributed by atoms with E-state index >= 15 is 0 Å². The Morgan fingerprint density at radius 1 is 1.00 bits per heavy atom. The lowest BCUT2D eigenvalue weighted by Gasteiger charge is -2.64. The van der Waals surface area contributed by atoms with Crippen LogP contribution < -0.4 is 0 Å². The number of hydrogen-bond donors (Lipinski definition) is 4. The molecule has 5 nitrogen and oxygen atoms in total. The molecule has 190 valence electrons. The maximum absolute atomic E-state index is 13.4.